The number of aromatic nitrogens is 4. The van der Waals surface area contributed by atoms with Gasteiger partial charge in [-0.25, -0.2) is 23.2 Å². The van der Waals surface area contributed by atoms with Gasteiger partial charge in [-0.15, -0.1) is 0 Å². The lowest BCUT2D eigenvalue weighted by Gasteiger charge is -2.13. The highest BCUT2D eigenvalue weighted by Gasteiger charge is 2.30. The molecule has 0 unspecified atom stereocenters. The van der Waals surface area contributed by atoms with Gasteiger partial charge in [-0.05, 0) is 18.9 Å². The van der Waals surface area contributed by atoms with Crippen molar-refractivity contribution < 1.29 is 27.9 Å². The van der Waals surface area contributed by atoms with Gasteiger partial charge in [0, 0.05) is 30.7 Å². The molecule has 3 aromatic rings. The standard InChI is InChI=1S/C20H20N6O6S2/c27-15(28)9-14-17(34(31,32)20-22-7-8-23-20)33-19(25-14)26-18(30)24-13-5-6-21-10-12(13)16(29)11-3-1-2-4-11/h5-8,10-11H,1-4,9H2,(H,22,23)(H,27,28)(H2,21,24,25,26,30). The van der Waals surface area contributed by atoms with E-state index in [0.717, 1.165) is 25.7 Å². The molecule has 1 aliphatic rings. The molecular weight excluding hydrogens is 484 g/mol. The molecule has 14 heteroatoms. The van der Waals surface area contributed by atoms with Crippen LogP contribution in [-0.4, -0.2) is 51.2 Å². The molecule has 0 radical (unpaired) electrons. The van der Waals surface area contributed by atoms with Gasteiger partial charge in [-0.2, -0.15) is 0 Å². The van der Waals surface area contributed by atoms with Crippen molar-refractivity contribution in [3.8, 4) is 0 Å². The Balaban J connectivity index is 1.56. The zero-order valence-electron chi connectivity index (χ0n) is 17.6. The summed E-state index contributed by atoms with van der Waals surface area (Å²) in [5.74, 6) is -1.49. The van der Waals surface area contributed by atoms with Crippen LogP contribution in [0.25, 0.3) is 0 Å². The summed E-state index contributed by atoms with van der Waals surface area (Å²) in [4.78, 5) is 50.9. The molecule has 34 heavy (non-hydrogen) atoms. The second-order valence-corrected chi connectivity index (χ2v) is 10.6. The van der Waals surface area contributed by atoms with E-state index in [1.807, 2.05) is 0 Å². The van der Waals surface area contributed by atoms with Crippen molar-refractivity contribution in [2.75, 3.05) is 10.6 Å². The third kappa shape index (κ3) is 4.97. The number of ketones is 1. The van der Waals surface area contributed by atoms with Crippen molar-refractivity contribution in [2.45, 2.75) is 41.5 Å². The number of rotatable bonds is 8. The number of amides is 2. The number of carboxylic acids is 1. The van der Waals surface area contributed by atoms with Crippen molar-refractivity contribution in [3.05, 3.63) is 42.1 Å². The number of nitrogens with zero attached hydrogens (tertiary/aromatic N) is 3. The molecule has 0 spiro atoms. The maximum atomic E-state index is 12.8. The van der Waals surface area contributed by atoms with E-state index in [-0.39, 0.29) is 43.1 Å². The minimum absolute atomic E-state index is 0.0919. The van der Waals surface area contributed by atoms with Crippen LogP contribution in [0.4, 0.5) is 15.6 Å². The highest BCUT2D eigenvalue weighted by atomic mass is 32.2. The summed E-state index contributed by atoms with van der Waals surface area (Å²) < 4.78 is 25.3. The number of carbonyl (C=O) groups is 3. The first-order valence-corrected chi connectivity index (χ1v) is 12.6. The highest BCUT2D eigenvalue weighted by Crippen LogP contribution is 2.32. The number of urea groups is 1. The predicted octanol–water partition coefficient (Wildman–Crippen LogP) is 2.74. The van der Waals surface area contributed by atoms with Crippen molar-refractivity contribution in [3.63, 3.8) is 0 Å². The van der Waals surface area contributed by atoms with E-state index in [2.05, 4.69) is 30.6 Å². The van der Waals surface area contributed by atoms with Gasteiger partial charge >= 0.3 is 12.0 Å². The zero-order valence-corrected chi connectivity index (χ0v) is 19.3. The number of anilines is 2. The number of imidazole rings is 1. The Bertz CT molecular complexity index is 1330. The number of hydrogen-bond acceptors (Lipinski definition) is 9. The number of nitrogens with one attached hydrogen (secondary N) is 3. The largest absolute Gasteiger partial charge is 0.481 e. The third-order valence-corrected chi connectivity index (χ3v) is 8.41. The fourth-order valence-corrected chi connectivity index (χ4v) is 6.35. The summed E-state index contributed by atoms with van der Waals surface area (Å²) in [5, 5.41) is 13.6. The Morgan fingerprint density at radius 2 is 1.94 bits per heavy atom. The van der Waals surface area contributed by atoms with Gasteiger partial charge in [-0.3, -0.25) is 19.9 Å². The SMILES string of the molecule is O=C(O)Cc1nc(NC(=O)Nc2ccncc2C(=O)C2CCCC2)sc1S(=O)(=O)c1ncc[nH]1. The van der Waals surface area contributed by atoms with Crippen molar-refractivity contribution in [1.82, 2.24) is 19.9 Å². The molecule has 12 nitrogen and oxygen atoms in total. The van der Waals surface area contributed by atoms with E-state index in [1.54, 1.807) is 0 Å². The molecule has 0 saturated heterocycles. The Morgan fingerprint density at radius 3 is 2.62 bits per heavy atom. The number of pyridine rings is 1. The number of H-pyrrole nitrogens is 1. The molecule has 4 rings (SSSR count). The molecule has 0 aromatic carbocycles. The molecule has 178 valence electrons. The van der Waals surface area contributed by atoms with E-state index in [4.69, 9.17) is 5.11 Å². The molecule has 0 atom stereocenters. The van der Waals surface area contributed by atoms with E-state index >= 15 is 0 Å². The van der Waals surface area contributed by atoms with Crippen LogP contribution in [0.2, 0.25) is 0 Å². The van der Waals surface area contributed by atoms with E-state index in [9.17, 15) is 22.8 Å². The first kappa shape index (κ1) is 23.5. The van der Waals surface area contributed by atoms with Crippen LogP contribution < -0.4 is 10.6 Å². The number of aromatic amines is 1. The number of carbonyl (C=O) groups excluding carboxylic acids is 2. The number of thiazole rings is 1. The molecule has 1 aliphatic carbocycles. The zero-order chi connectivity index (χ0) is 24.3. The van der Waals surface area contributed by atoms with E-state index < -0.39 is 28.3 Å². The smallest absolute Gasteiger partial charge is 0.325 e. The number of sulfone groups is 1. The van der Waals surface area contributed by atoms with Crippen LogP contribution >= 0.6 is 11.3 Å². The molecule has 1 saturated carbocycles. The van der Waals surface area contributed by atoms with Crippen LogP contribution in [0.1, 0.15) is 41.7 Å². The highest BCUT2D eigenvalue weighted by molar-refractivity contribution is 7.93. The minimum atomic E-state index is -4.17. The predicted molar refractivity (Wildman–Crippen MR) is 121 cm³/mol. The Kier molecular flexibility index (Phi) is 6.70. The summed E-state index contributed by atoms with van der Waals surface area (Å²) >= 11 is 0.603. The normalized spacial score (nSPS) is 14.1. The van der Waals surface area contributed by atoms with Gasteiger partial charge in [0.2, 0.25) is 5.16 Å². The maximum absolute atomic E-state index is 12.8. The Morgan fingerprint density at radius 1 is 1.18 bits per heavy atom. The number of hydrogen-bond donors (Lipinski definition) is 4. The van der Waals surface area contributed by atoms with Crippen LogP contribution in [0.5, 0.6) is 0 Å². The van der Waals surface area contributed by atoms with Gasteiger partial charge in [0.1, 0.15) is 0 Å². The molecule has 3 heterocycles. The lowest BCUT2D eigenvalue weighted by molar-refractivity contribution is -0.136. The number of Topliss-reactive ketones (excluding diaryl/α,β-unsaturated/α-hetero) is 1. The Hall–Kier alpha value is -3.65. The van der Waals surface area contributed by atoms with E-state index in [1.165, 1.54) is 30.9 Å². The third-order valence-electron chi connectivity index (χ3n) is 5.23. The van der Waals surface area contributed by atoms with Crippen LogP contribution in [0.3, 0.4) is 0 Å². The Labute approximate surface area is 197 Å². The molecule has 0 aliphatic heterocycles. The summed E-state index contributed by atoms with van der Waals surface area (Å²) in [6.07, 6.45) is 8.27. The van der Waals surface area contributed by atoms with Crippen molar-refractivity contribution in [1.29, 1.82) is 0 Å². The lowest BCUT2D eigenvalue weighted by atomic mass is 9.96. The first-order chi connectivity index (χ1) is 16.3. The number of carboxylic acid groups (broad SMARTS) is 1. The van der Waals surface area contributed by atoms with Crippen LogP contribution in [0.15, 0.2) is 40.2 Å². The fraction of sp³-hybridized carbons (Fsp3) is 0.300. The fourth-order valence-electron chi connectivity index (χ4n) is 3.70. The van der Waals surface area contributed by atoms with Gasteiger partial charge in [0.25, 0.3) is 9.84 Å². The lowest BCUT2D eigenvalue weighted by Crippen LogP contribution is -2.22. The molecule has 2 amide bonds. The van der Waals surface area contributed by atoms with Gasteiger partial charge < -0.3 is 15.4 Å². The van der Waals surface area contributed by atoms with Crippen molar-refractivity contribution >= 4 is 49.8 Å². The summed E-state index contributed by atoms with van der Waals surface area (Å²) in [7, 11) is -4.17. The van der Waals surface area contributed by atoms with Gasteiger partial charge in [-0.1, -0.05) is 24.2 Å². The average molecular weight is 505 g/mol. The van der Waals surface area contributed by atoms with E-state index in [0.29, 0.717) is 11.3 Å². The summed E-state index contributed by atoms with van der Waals surface area (Å²) in [5.41, 5.74) is 0.316. The van der Waals surface area contributed by atoms with Gasteiger partial charge in [0.05, 0.1) is 23.4 Å². The maximum Gasteiger partial charge on any atom is 0.325 e. The summed E-state index contributed by atoms with van der Waals surface area (Å²) in [6, 6.07) is 0.718. The first-order valence-electron chi connectivity index (χ1n) is 10.3. The van der Waals surface area contributed by atoms with Crippen LogP contribution in [-0.2, 0) is 21.1 Å². The molecule has 0 bridgehead atoms. The molecule has 4 N–H and O–H groups in total. The van der Waals surface area contributed by atoms with Crippen LogP contribution in [0, 0.1) is 5.92 Å². The molecular formula is C20H20N6O6S2. The summed E-state index contributed by atoms with van der Waals surface area (Å²) in [6.45, 7) is 0. The quantitative estimate of drug-likeness (QED) is 0.335. The van der Waals surface area contributed by atoms with Gasteiger partial charge in [0.15, 0.2) is 15.1 Å². The average Bonchev–Trinajstić information content (AvgIpc) is 3.55. The molecule has 1 fully saturated rings. The topological polar surface area (TPSA) is 184 Å². The minimum Gasteiger partial charge on any atom is -0.481 e. The second kappa shape index (κ2) is 9.69. The molecule has 3 aromatic heterocycles. The van der Waals surface area contributed by atoms with Crippen molar-refractivity contribution in [2.24, 2.45) is 5.92 Å². The number of aliphatic carboxylic acids is 1. The second-order valence-electron chi connectivity index (χ2n) is 7.57. The monoisotopic (exact) mass is 504 g/mol.